The molecule has 1 heterocycles. The van der Waals surface area contributed by atoms with Crippen LogP contribution >= 0.6 is 0 Å². The third kappa shape index (κ3) is 4.47. The number of aryl methyl sites for hydroxylation is 2. The van der Waals surface area contributed by atoms with Crippen molar-refractivity contribution in [2.45, 2.75) is 19.3 Å². The lowest BCUT2D eigenvalue weighted by atomic mass is 9.65. The summed E-state index contributed by atoms with van der Waals surface area (Å²) in [5.74, 6) is 0.793. The van der Waals surface area contributed by atoms with Crippen LogP contribution in [-0.4, -0.2) is 5.84 Å². The zero-order valence-corrected chi connectivity index (χ0v) is 27.5. The van der Waals surface area contributed by atoms with Gasteiger partial charge in [0, 0.05) is 16.7 Å². The summed E-state index contributed by atoms with van der Waals surface area (Å²) in [5.41, 5.74) is 21.9. The van der Waals surface area contributed by atoms with Crippen molar-refractivity contribution in [1.29, 1.82) is 0 Å². The minimum absolute atomic E-state index is 0.494. The number of nitrogens with zero attached hydrogens (tertiary/aromatic N) is 1. The maximum absolute atomic E-state index is 5.36. The quantitative estimate of drug-likeness (QED) is 0.199. The standard InChI is InChI=1S/C46H35N3/c1-30-15-6-11-24-39(30)46(40-25-12-9-21-36(40)37-22-10-13-26-41(37)46)42-29-34(28-27-31(42)2)44-43(33-17-4-3-5-18-33)47-45(49-48-44)38-23-14-19-32-16-7-8-20-35(32)38/h3-29,48H,1-2H3,(H,47,49). The molecule has 0 saturated carbocycles. The number of hydrogen-bond acceptors (Lipinski definition) is 3. The fraction of sp³-hybridized carbons (Fsp3) is 0.0652. The minimum Gasteiger partial charge on any atom is -0.297 e. The molecule has 0 atom stereocenters. The van der Waals surface area contributed by atoms with Gasteiger partial charge in [-0.2, -0.15) is 0 Å². The Morgan fingerprint density at radius 1 is 0.449 bits per heavy atom. The number of benzene rings is 7. The van der Waals surface area contributed by atoms with Crippen molar-refractivity contribution in [1.82, 2.24) is 10.9 Å². The molecular weight excluding hydrogens is 595 g/mol. The number of fused-ring (bicyclic) bond motifs is 4. The number of hydrogen-bond donors (Lipinski definition) is 2. The first-order chi connectivity index (χ1) is 24.1. The van der Waals surface area contributed by atoms with E-state index < -0.39 is 5.41 Å². The highest BCUT2D eigenvalue weighted by Gasteiger charge is 2.47. The van der Waals surface area contributed by atoms with Crippen molar-refractivity contribution in [3.05, 3.63) is 214 Å². The monoisotopic (exact) mass is 629 g/mol. The molecule has 0 radical (unpaired) electrons. The molecular formula is C46H35N3. The number of rotatable bonds is 5. The molecule has 0 bridgehead atoms. The maximum atomic E-state index is 5.36. The Kier molecular flexibility index (Phi) is 6.80. The second-order valence-electron chi connectivity index (χ2n) is 13.0. The van der Waals surface area contributed by atoms with Gasteiger partial charge in [-0.25, -0.2) is 4.99 Å². The predicted molar refractivity (Wildman–Crippen MR) is 203 cm³/mol. The molecule has 0 unspecified atom stereocenters. The van der Waals surface area contributed by atoms with E-state index in [0.717, 1.165) is 39.3 Å². The Bertz CT molecular complexity index is 2420. The Labute approximate surface area is 287 Å². The zero-order chi connectivity index (χ0) is 33.0. The predicted octanol–water partition coefficient (Wildman–Crippen LogP) is 10.2. The summed E-state index contributed by atoms with van der Waals surface area (Å²) in [4.78, 5) is 5.36. The van der Waals surface area contributed by atoms with Gasteiger partial charge >= 0.3 is 0 Å². The molecule has 2 N–H and O–H groups in total. The molecule has 7 aromatic rings. The summed E-state index contributed by atoms with van der Waals surface area (Å²) in [6, 6.07) is 59.0. The molecule has 7 aromatic carbocycles. The van der Waals surface area contributed by atoms with Crippen LogP contribution in [0.15, 0.2) is 169 Å². The van der Waals surface area contributed by atoms with Gasteiger partial charge in [0.05, 0.1) is 16.8 Å². The van der Waals surface area contributed by atoms with Crippen LogP contribution in [-0.2, 0) is 5.41 Å². The Morgan fingerprint density at radius 3 is 1.80 bits per heavy atom. The van der Waals surface area contributed by atoms with E-state index in [1.54, 1.807) is 0 Å². The smallest absolute Gasteiger partial charge is 0.153 e. The van der Waals surface area contributed by atoms with E-state index in [1.165, 1.54) is 49.9 Å². The first-order valence-corrected chi connectivity index (χ1v) is 16.9. The largest absolute Gasteiger partial charge is 0.297 e. The van der Waals surface area contributed by atoms with Crippen molar-refractivity contribution in [3.63, 3.8) is 0 Å². The Balaban J connectivity index is 1.31. The zero-order valence-electron chi connectivity index (χ0n) is 27.5. The molecule has 0 saturated heterocycles. The second kappa shape index (κ2) is 11.5. The maximum Gasteiger partial charge on any atom is 0.153 e. The van der Waals surface area contributed by atoms with E-state index in [-0.39, 0.29) is 0 Å². The van der Waals surface area contributed by atoms with Crippen molar-refractivity contribution < 1.29 is 0 Å². The van der Waals surface area contributed by atoms with Crippen LogP contribution in [0.5, 0.6) is 0 Å². The lowest BCUT2D eigenvalue weighted by Gasteiger charge is -2.36. The van der Waals surface area contributed by atoms with Crippen LogP contribution in [0.1, 0.15) is 50.1 Å². The summed E-state index contributed by atoms with van der Waals surface area (Å²) < 4.78 is 0. The number of hydrazine groups is 1. The summed E-state index contributed by atoms with van der Waals surface area (Å²) in [6.07, 6.45) is 0. The SMILES string of the molecule is Cc1ccccc1C1(c2cc(C3=C(c4ccccc4)N=C(c4cccc5ccccc45)NN3)ccc2C)c2ccccc2-c2ccccc21. The Hall–Kier alpha value is -6.19. The summed E-state index contributed by atoms with van der Waals surface area (Å²) in [7, 11) is 0. The third-order valence-electron chi connectivity index (χ3n) is 10.3. The van der Waals surface area contributed by atoms with Crippen LogP contribution in [0.3, 0.4) is 0 Å². The molecule has 3 heteroatoms. The average molecular weight is 630 g/mol. The van der Waals surface area contributed by atoms with E-state index in [1.807, 2.05) is 0 Å². The first kappa shape index (κ1) is 29.0. The van der Waals surface area contributed by atoms with Crippen molar-refractivity contribution >= 4 is 28.0 Å². The van der Waals surface area contributed by atoms with Gasteiger partial charge < -0.3 is 0 Å². The third-order valence-corrected chi connectivity index (χ3v) is 10.3. The normalized spacial score (nSPS) is 14.4. The highest BCUT2D eigenvalue weighted by molar-refractivity contribution is 6.13. The molecule has 234 valence electrons. The van der Waals surface area contributed by atoms with E-state index in [9.17, 15) is 0 Å². The van der Waals surface area contributed by atoms with Gasteiger partial charge in [0.1, 0.15) is 0 Å². The number of aliphatic imine (C=N–C) groups is 1. The number of amidine groups is 1. The van der Waals surface area contributed by atoms with Crippen LogP contribution in [0.4, 0.5) is 0 Å². The molecule has 2 aliphatic rings. The number of nitrogens with one attached hydrogen (secondary N) is 2. The van der Waals surface area contributed by atoms with Crippen LogP contribution in [0.2, 0.25) is 0 Å². The molecule has 49 heavy (non-hydrogen) atoms. The van der Waals surface area contributed by atoms with Crippen LogP contribution in [0, 0.1) is 13.8 Å². The fourth-order valence-electron chi connectivity index (χ4n) is 8.09. The first-order valence-electron chi connectivity index (χ1n) is 16.9. The summed E-state index contributed by atoms with van der Waals surface area (Å²) >= 11 is 0. The van der Waals surface area contributed by atoms with E-state index >= 15 is 0 Å². The van der Waals surface area contributed by atoms with Gasteiger partial charge in [-0.05, 0) is 75.2 Å². The minimum atomic E-state index is -0.494. The van der Waals surface area contributed by atoms with Gasteiger partial charge in [-0.3, -0.25) is 10.9 Å². The molecule has 9 rings (SSSR count). The van der Waals surface area contributed by atoms with Gasteiger partial charge in [0.2, 0.25) is 0 Å². The highest BCUT2D eigenvalue weighted by Crippen LogP contribution is 2.57. The van der Waals surface area contributed by atoms with Crippen LogP contribution in [0.25, 0.3) is 33.3 Å². The second-order valence-corrected chi connectivity index (χ2v) is 13.0. The summed E-state index contributed by atoms with van der Waals surface area (Å²) in [6.45, 7) is 4.49. The van der Waals surface area contributed by atoms with Crippen molar-refractivity contribution in [2.75, 3.05) is 0 Å². The molecule has 1 aliphatic heterocycles. The van der Waals surface area contributed by atoms with E-state index in [0.29, 0.717) is 0 Å². The average Bonchev–Trinajstić information content (AvgIpc) is 3.46. The molecule has 0 fully saturated rings. The molecule has 3 nitrogen and oxygen atoms in total. The van der Waals surface area contributed by atoms with E-state index in [4.69, 9.17) is 4.99 Å². The van der Waals surface area contributed by atoms with Crippen molar-refractivity contribution in [3.8, 4) is 11.1 Å². The van der Waals surface area contributed by atoms with Gasteiger partial charge in [0.25, 0.3) is 0 Å². The molecule has 0 spiro atoms. The Morgan fingerprint density at radius 2 is 1.04 bits per heavy atom. The summed E-state index contributed by atoms with van der Waals surface area (Å²) in [5, 5.41) is 2.34. The topological polar surface area (TPSA) is 36.4 Å². The molecule has 0 amide bonds. The van der Waals surface area contributed by atoms with Gasteiger partial charge in [-0.1, -0.05) is 158 Å². The lowest BCUT2D eigenvalue weighted by molar-refractivity contribution is 0.752. The molecule has 0 aromatic heterocycles. The van der Waals surface area contributed by atoms with E-state index in [2.05, 4.69) is 188 Å². The molecule has 1 aliphatic carbocycles. The highest BCUT2D eigenvalue weighted by atomic mass is 15.4. The van der Waals surface area contributed by atoms with Crippen molar-refractivity contribution in [2.24, 2.45) is 4.99 Å². The van der Waals surface area contributed by atoms with Crippen LogP contribution < -0.4 is 10.9 Å². The van der Waals surface area contributed by atoms with Gasteiger partial charge in [0.15, 0.2) is 5.84 Å². The lowest BCUT2D eigenvalue weighted by Crippen LogP contribution is -2.40. The fourth-order valence-corrected chi connectivity index (χ4v) is 8.09. The van der Waals surface area contributed by atoms with Gasteiger partial charge in [-0.15, -0.1) is 0 Å².